The Labute approximate surface area is 149 Å². The maximum Gasteiger partial charge on any atom is 0.251 e. The van der Waals surface area contributed by atoms with E-state index < -0.39 is 0 Å². The Morgan fingerprint density at radius 1 is 0.846 bits per heavy atom. The minimum Gasteiger partial charge on any atom is -0.467 e. The molecule has 132 valence electrons. The second-order valence-corrected chi connectivity index (χ2v) is 5.62. The summed E-state index contributed by atoms with van der Waals surface area (Å²) in [4.78, 5) is 24.5. The first kappa shape index (κ1) is 17.4. The Hall–Kier alpha value is -3.41. The lowest BCUT2D eigenvalue weighted by Gasteiger charge is -2.08. The summed E-state index contributed by atoms with van der Waals surface area (Å²) in [5, 5.41) is 5.37. The van der Waals surface area contributed by atoms with Crippen molar-refractivity contribution in [3.05, 3.63) is 95.2 Å². The van der Waals surface area contributed by atoms with Gasteiger partial charge in [0.05, 0.1) is 12.8 Å². The van der Waals surface area contributed by atoms with Crippen LogP contribution in [0.2, 0.25) is 0 Å². The lowest BCUT2D eigenvalue weighted by atomic mass is 10.1. The van der Waals surface area contributed by atoms with Crippen LogP contribution in [0.5, 0.6) is 0 Å². The molecule has 0 fully saturated rings. The molecule has 2 N–H and O–H groups in total. The molecule has 0 saturated heterocycles. The van der Waals surface area contributed by atoms with E-state index in [0.29, 0.717) is 22.5 Å². The van der Waals surface area contributed by atoms with E-state index in [1.165, 1.54) is 18.4 Å². The molecular weight excluding hydrogens is 335 g/mol. The van der Waals surface area contributed by atoms with Crippen molar-refractivity contribution in [1.29, 1.82) is 0 Å². The fourth-order valence-electron chi connectivity index (χ4n) is 2.40. The number of carbonyl (C=O) groups excluding carboxylic acids is 2. The van der Waals surface area contributed by atoms with Gasteiger partial charge in [0.25, 0.3) is 11.8 Å². The number of halogens is 1. The zero-order valence-corrected chi connectivity index (χ0v) is 13.9. The van der Waals surface area contributed by atoms with E-state index in [2.05, 4.69) is 10.6 Å². The zero-order valence-electron chi connectivity index (χ0n) is 13.9. The highest BCUT2D eigenvalue weighted by atomic mass is 19.1. The highest BCUT2D eigenvalue weighted by molar-refractivity contribution is 5.99. The van der Waals surface area contributed by atoms with Gasteiger partial charge in [-0.05, 0) is 36.4 Å². The Bertz CT molecular complexity index is 907. The first-order valence-electron chi connectivity index (χ1n) is 8.06. The van der Waals surface area contributed by atoms with Gasteiger partial charge in [-0.3, -0.25) is 9.59 Å². The van der Waals surface area contributed by atoms with Crippen LogP contribution in [-0.2, 0) is 13.1 Å². The number of furan rings is 1. The first-order valence-corrected chi connectivity index (χ1v) is 8.06. The predicted molar refractivity (Wildman–Crippen MR) is 93.9 cm³/mol. The van der Waals surface area contributed by atoms with Gasteiger partial charge in [0.1, 0.15) is 11.6 Å². The molecule has 6 heteroatoms. The average molecular weight is 352 g/mol. The Balaban J connectivity index is 1.61. The smallest absolute Gasteiger partial charge is 0.251 e. The summed E-state index contributed by atoms with van der Waals surface area (Å²) in [6.07, 6.45) is 1.53. The molecule has 0 bridgehead atoms. The molecule has 2 amide bonds. The van der Waals surface area contributed by atoms with Gasteiger partial charge in [0.15, 0.2) is 0 Å². The number of benzene rings is 2. The summed E-state index contributed by atoms with van der Waals surface area (Å²) < 4.78 is 18.8. The van der Waals surface area contributed by atoms with Crippen LogP contribution in [0.4, 0.5) is 4.39 Å². The molecule has 0 unspecified atom stereocenters. The lowest BCUT2D eigenvalue weighted by molar-refractivity contribution is 0.0948. The van der Waals surface area contributed by atoms with E-state index in [1.54, 1.807) is 48.5 Å². The van der Waals surface area contributed by atoms with Crippen LogP contribution in [0, 0.1) is 5.82 Å². The maximum atomic E-state index is 13.6. The van der Waals surface area contributed by atoms with E-state index in [0.717, 1.165) is 0 Å². The molecule has 3 rings (SSSR count). The van der Waals surface area contributed by atoms with Crippen molar-refractivity contribution in [3.8, 4) is 0 Å². The molecule has 5 nitrogen and oxygen atoms in total. The van der Waals surface area contributed by atoms with Gasteiger partial charge >= 0.3 is 0 Å². The molecule has 0 aliphatic heterocycles. The van der Waals surface area contributed by atoms with Gasteiger partial charge in [-0.15, -0.1) is 0 Å². The second kappa shape index (κ2) is 8.11. The van der Waals surface area contributed by atoms with E-state index in [-0.39, 0.29) is 30.7 Å². The van der Waals surface area contributed by atoms with E-state index in [4.69, 9.17) is 4.42 Å². The topological polar surface area (TPSA) is 71.3 Å². The molecule has 0 atom stereocenters. The van der Waals surface area contributed by atoms with Crippen molar-refractivity contribution in [1.82, 2.24) is 10.6 Å². The molecule has 26 heavy (non-hydrogen) atoms. The van der Waals surface area contributed by atoms with Gasteiger partial charge in [-0.2, -0.15) is 0 Å². The molecule has 0 spiro atoms. The van der Waals surface area contributed by atoms with Crippen molar-refractivity contribution >= 4 is 11.8 Å². The molecule has 2 aromatic carbocycles. The minimum atomic E-state index is -0.381. The van der Waals surface area contributed by atoms with Gasteiger partial charge < -0.3 is 15.1 Å². The van der Waals surface area contributed by atoms with Crippen LogP contribution in [0.25, 0.3) is 0 Å². The highest BCUT2D eigenvalue weighted by Gasteiger charge is 2.11. The van der Waals surface area contributed by atoms with Gasteiger partial charge in [0.2, 0.25) is 0 Å². The third-order valence-electron chi connectivity index (χ3n) is 3.79. The summed E-state index contributed by atoms with van der Waals surface area (Å²) in [7, 11) is 0. The van der Waals surface area contributed by atoms with Gasteiger partial charge in [-0.25, -0.2) is 4.39 Å². The highest BCUT2D eigenvalue weighted by Crippen LogP contribution is 2.09. The number of rotatable bonds is 6. The van der Waals surface area contributed by atoms with Crippen LogP contribution >= 0.6 is 0 Å². The van der Waals surface area contributed by atoms with Crippen LogP contribution in [0.15, 0.2) is 71.3 Å². The molecule has 0 saturated carbocycles. The molecule has 0 aliphatic rings. The minimum absolute atomic E-state index is 0.0699. The van der Waals surface area contributed by atoms with E-state index in [1.807, 2.05) is 0 Å². The number of hydrogen-bond acceptors (Lipinski definition) is 3. The van der Waals surface area contributed by atoms with Crippen molar-refractivity contribution in [3.63, 3.8) is 0 Å². The second-order valence-electron chi connectivity index (χ2n) is 5.62. The standard InChI is InChI=1S/C20H17FN2O3/c21-18-9-2-1-5-16(18)12-22-19(24)14-6-3-7-15(11-14)20(25)23-13-17-8-4-10-26-17/h1-11H,12-13H2,(H,22,24)(H,23,25). The van der Waals surface area contributed by atoms with Crippen LogP contribution in [0.1, 0.15) is 32.0 Å². The fraction of sp³-hybridized carbons (Fsp3) is 0.100. The molecule has 0 radical (unpaired) electrons. The third-order valence-corrected chi connectivity index (χ3v) is 3.79. The Kier molecular flexibility index (Phi) is 5.43. The average Bonchev–Trinajstić information content (AvgIpc) is 3.19. The zero-order chi connectivity index (χ0) is 18.4. The molecular formula is C20H17FN2O3. The summed E-state index contributed by atoms with van der Waals surface area (Å²) in [6, 6.07) is 16.1. The monoisotopic (exact) mass is 352 g/mol. The van der Waals surface area contributed by atoms with Crippen molar-refractivity contribution in [2.75, 3.05) is 0 Å². The van der Waals surface area contributed by atoms with Crippen LogP contribution < -0.4 is 10.6 Å². The predicted octanol–water partition coefficient (Wildman–Crippen LogP) is 3.28. The van der Waals surface area contributed by atoms with Crippen molar-refractivity contribution in [2.24, 2.45) is 0 Å². The summed E-state index contributed by atoms with van der Waals surface area (Å²) in [5.41, 5.74) is 1.08. The van der Waals surface area contributed by atoms with Gasteiger partial charge in [0, 0.05) is 23.2 Å². The normalized spacial score (nSPS) is 10.3. The number of hydrogen-bond donors (Lipinski definition) is 2. The number of carbonyl (C=O) groups is 2. The largest absolute Gasteiger partial charge is 0.467 e. The van der Waals surface area contributed by atoms with Gasteiger partial charge in [-0.1, -0.05) is 24.3 Å². The summed E-state index contributed by atoms with van der Waals surface area (Å²) in [6.45, 7) is 0.329. The molecule has 3 aromatic rings. The number of nitrogens with one attached hydrogen (secondary N) is 2. The quantitative estimate of drug-likeness (QED) is 0.715. The molecule has 1 heterocycles. The Morgan fingerprint density at radius 2 is 1.54 bits per heavy atom. The third kappa shape index (κ3) is 4.36. The molecule has 0 aliphatic carbocycles. The van der Waals surface area contributed by atoms with Crippen LogP contribution in [-0.4, -0.2) is 11.8 Å². The fourth-order valence-corrected chi connectivity index (χ4v) is 2.40. The van der Waals surface area contributed by atoms with Crippen molar-refractivity contribution < 1.29 is 18.4 Å². The van der Waals surface area contributed by atoms with Crippen LogP contribution in [0.3, 0.4) is 0 Å². The van der Waals surface area contributed by atoms with Crippen molar-refractivity contribution in [2.45, 2.75) is 13.1 Å². The summed E-state index contributed by atoms with van der Waals surface area (Å²) >= 11 is 0. The number of amides is 2. The van der Waals surface area contributed by atoms with E-state index >= 15 is 0 Å². The first-order chi connectivity index (χ1) is 12.6. The van der Waals surface area contributed by atoms with E-state index in [9.17, 15) is 14.0 Å². The molecule has 1 aromatic heterocycles. The summed E-state index contributed by atoms with van der Waals surface area (Å²) in [5.74, 6) is -0.435. The Morgan fingerprint density at radius 3 is 2.19 bits per heavy atom. The SMILES string of the molecule is O=C(NCc1ccco1)c1cccc(C(=O)NCc2ccccc2F)c1. The lowest BCUT2D eigenvalue weighted by Crippen LogP contribution is -2.25. The maximum absolute atomic E-state index is 13.6.